The van der Waals surface area contributed by atoms with Gasteiger partial charge in [0.2, 0.25) is 0 Å². The highest BCUT2D eigenvalue weighted by atomic mass is 32.1. The van der Waals surface area contributed by atoms with Crippen molar-refractivity contribution in [2.45, 2.75) is 13.5 Å². The third kappa shape index (κ3) is 3.67. The molecule has 0 aliphatic carbocycles. The molecule has 0 aliphatic heterocycles. The lowest BCUT2D eigenvalue weighted by molar-refractivity contribution is 0.0950. The van der Waals surface area contributed by atoms with Gasteiger partial charge in [0.1, 0.15) is 0 Å². The minimum Gasteiger partial charge on any atom is -0.346 e. The molecule has 0 saturated carbocycles. The van der Waals surface area contributed by atoms with Crippen LogP contribution in [0.25, 0.3) is 0 Å². The molecule has 5 heteroatoms. The number of nitrogens with one attached hydrogen (secondary N) is 1. The van der Waals surface area contributed by atoms with Crippen molar-refractivity contribution in [3.63, 3.8) is 0 Å². The molecule has 2 rings (SSSR count). The van der Waals surface area contributed by atoms with Gasteiger partial charge in [-0.1, -0.05) is 17.9 Å². The van der Waals surface area contributed by atoms with Crippen LogP contribution >= 0.6 is 11.3 Å². The molecule has 3 N–H and O–H groups in total. The summed E-state index contributed by atoms with van der Waals surface area (Å²) in [6.07, 6.45) is 0. The summed E-state index contributed by atoms with van der Waals surface area (Å²) >= 11 is 1.51. The van der Waals surface area contributed by atoms with Gasteiger partial charge in [0.15, 0.2) is 0 Å². The zero-order valence-corrected chi connectivity index (χ0v) is 12.0. The molecular formula is C15H15N3OS. The highest BCUT2D eigenvalue weighted by molar-refractivity contribution is 7.07. The van der Waals surface area contributed by atoms with Gasteiger partial charge in [-0.25, -0.2) is 4.98 Å². The number of aryl methyl sites for hydroxylation is 1. The first-order valence-electron chi connectivity index (χ1n) is 6.15. The van der Waals surface area contributed by atoms with E-state index in [2.05, 4.69) is 22.1 Å². The van der Waals surface area contributed by atoms with Gasteiger partial charge in [-0.3, -0.25) is 4.79 Å². The minimum atomic E-state index is -0.131. The first kappa shape index (κ1) is 14.3. The van der Waals surface area contributed by atoms with Crippen LogP contribution in [0.15, 0.2) is 29.1 Å². The Morgan fingerprint density at radius 3 is 3.05 bits per heavy atom. The number of nitrogens with two attached hydrogens (primary N) is 1. The summed E-state index contributed by atoms with van der Waals surface area (Å²) in [5.74, 6) is 5.64. The quantitative estimate of drug-likeness (QED) is 0.843. The Morgan fingerprint density at radius 2 is 2.35 bits per heavy atom. The van der Waals surface area contributed by atoms with E-state index in [0.29, 0.717) is 18.7 Å². The average Bonchev–Trinajstić information content (AvgIpc) is 2.97. The van der Waals surface area contributed by atoms with Crippen molar-refractivity contribution in [3.8, 4) is 11.8 Å². The van der Waals surface area contributed by atoms with Gasteiger partial charge < -0.3 is 11.1 Å². The molecule has 0 saturated heterocycles. The first-order valence-corrected chi connectivity index (χ1v) is 7.10. The van der Waals surface area contributed by atoms with Crippen LogP contribution in [-0.2, 0) is 6.54 Å². The number of carbonyl (C=O) groups excluding carboxylic acids is 1. The van der Waals surface area contributed by atoms with Crippen LogP contribution in [0.4, 0.5) is 0 Å². The lowest BCUT2D eigenvalue weighted by atomic mass is 10.0. The van der Waals surface area contributed by atoms with Gasteiger partial charge >= 0.3 is 0 Å². The Morgan fingerprint density at radius 1 is 1.50 bits per heavy atom. The summed E-state index contributed by atoms with van der Waals surface area (Å²) in [4.78, 5) is 16.2. The zero-order chi connectivity index (χ0) is 14.4. The number of amides is 1. The number of carbonyl (C=O) groups is 1. The molecule has 1 aromatic carbocycles. The van der Waals surface area contributed by atoms with Crippen molar-refractivity contribution in [2.24, 2.45) is 5.73 Å². The molecule has 20 heavy (non-hydrogen) atoms. The van der Waals surface area contributed by atoms with Crippen molar-refractivity contribution in [1.82, 2.24) is 10.3 Å². The highest BCUT2D eigenvalue weighted by Gasteiger charge is 2.07. The van der Waals surface area contributed by atoms with Crippen LogP contribution in [-0.4, -0.2) is 17.4 Å². The third-order valence-corrected chi connectivity index (χ3v) is 3.37. The van der Waals surface area contributed by atoms with Gasteiger partial charge in [-0.15, -0.1) is 11.3 Å². The summed E-state index contributed by atoms with van der Waals surface area (Å²) in [6, 6.07) is 5.46. The molecule has 0 aliphatic rings. The van der Waals surface area contributed by atoms with E-state index in [1.807, 2.05) is 18.4 Å². The Kier molecular flexibility index (Phi) is 4.88. The van der Waals surface area contributed by atoms with Crippen LogP contribution in [0, 0.1) is 18.8 Å². The summed E-state index contributed by atoms with van der Waals surface area (Å²) in [5, 5.41) is 4.75. The highest BCUT2D eigenvalue weighted by Crippen LogP contribution is 2.10. The minimum absolute atomic E-state index is 0.131. The maximum absolute atomic E-state index is 12.1. The van der Waals surface area contributed by atoms with Gasteiger partial charge in [-0.2, -0.15) is 0 Å². The van der Waals surface area contributed by atoms with E-state index in [0.717, 1.165) is 16.8 Å². The normalized spacial score (nSPS) is 9.70. The summed E-state index contributed by atoms with van der Waals surface area (Å²) < 4.78 is 0. The fourth-order valence-electron chi connectivity index (χ4n) is 1.64. The molecular weight excluding hydrogens is 270 g/mol. The van der Waals surface area contributed by atoms with Crippen LogP contribution < -0.4 is 11.1 Å². The molecule has 1 amide bonds. The maximum Gasteiger partial charge on any atom is 0.251 e. The molecule has 0 atom stereocenters. The van der Waals surface area contributed by atoms with Crippen molar-refractivity contribution in [1.29, 1.82) is 0 Å². The van der Waals surface area contributed by atoms with Gasteiger partial charge in [0.25, 0.3) is 5.91 Å². The van der Waals surface area contributed by atoms with Crippen LogP contribution in [0.2, 0.25) is 0 Å². The number of nitrogens with zero attached hydrogens (tertiary/aromatic N) is 1. The van der Waals surface area contributed by atoms with Gasteiger partial charge in [0, 0.05) is 16.5 Å². The Balaban J connectivity index is 2.09. The van der Waals surface area contributed by atoms with Crippen LogP contribution in [0.3, 0.4) is 0 Å². The maximum atomic E-state index is 12.1. The summed E-state index contributed by atoms with van der Waals surface area (Å²) in [5.41, 5.74) is 10.4. The van der Waals surface area contributed by atoms with Gasteiger partial charge in [0.05, 0.1) is 24.3 Å². The van der Waals surface area contributed by atoms with E-state index in [-0.39, 0.29) is 5.91 Å². The average molecular weight is 285 g/mol. The molecule has 1 aromatic heterocycles. The number of benzene rings is 1. The Labute approximate surface area is 122 Å². The topological polar surface area (TPSA) is 68.0 Å². The van der Waals surface area contributed by atoms with Crippen molar-refractivity contribution >= 4 is 17.2 Å². The number of rotatable bonds is 3. The van der Waals surface area contributed by atoms with E-state index in [1.165, 1.54) is 11.3 Å². The van der Waals surface area contributed by atoms with Crippen LogP contribution in [0.1, 0.15) is 27.2 Å². The van der Waals surface area contributed by atoms with E-state index in [4.69, 9.17) is 5.73 Å². The Bertz CT molecular complexity index is 653. The van der Waals surface area contributed by atoms with Crippen molar-refractivity contribution < 1.29 is 4.79 Å². The molecule has 4 nitrogen and oxygen atoms in total. The van der Waals surface area contributed by atoms with E-state index >= 15 is 0 Å². The van der Waals surface area contributed by atoms with Gasteiger partial charge in [-0.05, 0) is 24.6 Å². The lowest BCUT2D eigenvalue weighted by Crippen LogP contribution is -2.23. The Hall–Kier alpha value is -2.16. The van der Waals surface area contributed by atoms with Crippen LogP contribution in [0.5, 0.6) is 0 Å². The second-order valence-electron chi connectivity index (χ2n) is 4.20. The van der Waals surface area contributed by atoms with E-state index in [1.54, 1.807) is 17.6 Å². The first-order chi connectivity index (χ1) is 9.70. The number of thiazole rings is 1. The van der Waals surface area contributed by atoms with E-state index in [9.17, 15) is 4.79 Å². The second-order valence-corrected chi connectivity index (χ2v) is 4.92. The number of aromatic nitrogens is 1. The van der Waals surface area contributed by atoms with E-state index < -0.39 is 0 Å². The fraction of sp³-hybridized carbons (Fsp3) is 0.200. The predicted molar refractivity (Wildman–Crippen MR) is 80.4 cm³/mol. The molecule has 0 spiro atoms. The molecule has 102 valence electrons. The fourth-order valence-corrected chi connectivity index (χ4v) is 2.20. The second kappa shape index (κ2) is 6.85. The third-order valence-electron chi connectivity index (χ3n) is 2.74. The summed E-state index contributed by atoms with van der Waals surface area (Å²) in [6.45, 7) is 2.69. The monoisotopic (exact) mass is 285 g/mol. The molecule has 2 aromatic rings. The molecule has 0 bridgehead atoms. The largest absolute Gasteiger partial charge is 0.346 e. The molecule has 1 heterocycles. The zero-order valence-electron chi connectivity index (χ0n) is 11.1. The lowest BCUT2D eigenvalue weighted by Gasteiger charge is -2.05. The van der Waals surface area contributed by atoms with Crippen molar-refractivity contribution in [3.05, 3.63) is 51.5 Å². The summed E-state index contributed by atoms with van der Waals surface area (Å²) in [7, 11) is 0. The molecule has 0 fully saturated rings. The molecule has 0 radical (unpaired) electrons. The smallest absolute Gasteiger partial charge is 0.251 e. The number of hydrogen-bond acceptors (Lipinski definition) is 4. The SMILES string of the molecule is Cc1ccc(C(=O)NCc2cscn2)cc1C#CCN. The van der Waals surface area contributed by atoms with Crippen molar-refractivity contribution in [2.75, 3.05) is 6.54 Å². The number of hydrogen-bond donors (Lipinski definition) is 2. The molecule has 0 unspecified atom stereocenters. The standard InChI is InChI=1S/C15H15N3OS/c1-11-4-5-13(7-12(11)3-2-6-16)15(19)17-8-14-9-20-10-18-14/h4-5,7,9-10H,6,8,16H2,1H3,(H,17,19). The predicted octanol–water partition coefficient (Wildman–Crippen LogP) is 1.69.